The van der Waals surface area contributed by atoms with E-state index in [1.54, 1.807) is 18.3 Å². The first-order valence-electron chi connectivity index (χ1n) is 6.71. The van der Waals surface area contributed by atoms with Crippen LogP contribution in [0.5, 0.6) is 0 Å². The van der Waals surface area contributed by atoms with E-state index >= 15 is 0 Å². The van der Waals surface area contributed by atoms with Crippen molar-refractivity contribution in [3.05, 3.63) is 46.8 Å². The molecule has 1 atom stereocenters. The molecular weight excluding hydrogens is 272 g/mol. The Labute approximate surface area is 119 Å². The van der Waals surface area contributed by atoms with Gasteiger partial charge in [-0.05, 0) is 18.6 Å². The van der Waals surface area contributed by atoms with Crippen LogP contribution < -0.4 is 5.56 Å². The normalized spacial score (nSPS) is 18.4. The maximum absolute atomic E-state index is 12.4. The van der Waals surface area contributed by atoms with Crippen molar-refractivity contribution < 1.29 is 9.26 Å². The molecule has 0 radical (unpaired) electrons. The fourth-order valence-corrected chi connectivity index (χ4v) is 2.42. The molecule has 0 unspecified atom stereocenters. The number of nitrogens with zero attached hydrogens (tertiary/aromatic N) is 4. The predicted molar refractivity (Wildman–Crippen MR) is 72.9 cm³/mol. The minimum atomic E-state index is -0.224. The zero-order valence-electron chi connectivity index (χ0n) is 11.1. The van der Waals surface area contributed by atoms with E-state index < -0.39 is 0 Å². The Morgan fingerprint density at radius 2 is 2.29 bits per heavy atom. The van der Waals surface area contributed by atoms with Crippen LogP contribution in [0.3, 0.4) is 0 Å². The molecule has 1 aliphatic heterocycles. The van der Waals surface area contributed by atoms with Gasteiger partial charge in [-0.25, -0.2) is 4.98 Å². The molecule has 1 aliphatic rings. The summed E-state index contributed by atoms with van der Waals surface area (Å²) in [7, 11) is 0. The standard InChI is InChI=1S/C14H12N4O3/c19-14-10(7-15-11-3-1-2-5-18(11)14)13-16-12(17-21-13)9-4-6-20-8-9/h1-3,5,7,9H,4,6,8H2/t9-/m1/s1. The van der Waals surface area contributed by atoms with E-state index in [-0.39, 0.29) is 17.4 Å². The smallest absolute Gasteiger partial charge is 0.270 e. The van der Waals surface area contributed by atoms with Gasteiger partial charge in [0.1, 0.15) is 11.2 Å². The van der Waals surface area contributed by atoms with E-state index in [9.17, 15) is 4.79 Å². The average Bonchev–Trinajstić information content (AvgIpc) is 3.19. The topological polar surface area (TPSA) is 82.5 Å². The molecule has 0 aliphatic carbocycles. The lowest BCUT2D eigenvalue weighted by Gasteiger charge is -2.00. The summed E-state index contributed by atoms with van der Waals surface area (Å²) >= 11 is 0. The van der Waals surface area contributed by atoms with Gasteiger partial charge in [-0.1, -0.05) is 11.2 Å². The molecule has 0 amide bonds. The van der Waals surface area contributed by atoms with Crippen LogP contribution in [0.15, 0.2) is 39.9 Å². The van der Waals surface area contributed by atoms with Crippen LogP contribution in [-0.2, 0) is 4.74 Å². The minimum absolute atomic E-state index is 0.138. The molecule has 1 fully saturated rings. The molecule has 4 rings (SSSR count). The summed E-state index contributed by atoms with van der Waals surface area (Å²) in [5.41, 5.74) is 0.657. The number of ether oxygens (including phenoxy) is 1. The van der Waals surface area contributed by atoms with E-state index in [0.717, 1.165) is 6.42 Å². The van der Waals surface area contributed by atoms with Gasteiger partial charge in [-0.15, -0.1) is 0 Å². The van der Waals surface area contributed by atoms with E-state index in [4.69, 9.17) is 9.26 Å². The van der Waals surface area contributed by atoms with Crippen LogP contribution in [-0.4, -0.2) is 32.7 Å². The fraction of sp³-hybridized carbons (Fsp3) is 0.286. The third kappa shape index (κ3) is 2.02. The van der Waals surface area contributed by atoms with Crippen molar-refractivity contribution in [3.63, 3.8) is 0 Å². The fourth-order valence-electron chi connectivity index (χ4n) is 2.42. The molecular formula is C14H12N4O3. The second-order valence-corrected chi connectivity index (χ2v) is 4.92. The highest BCUT2D eigenvalue weighted by atomic mass is 16.5. The van der Waals surface area contributed by atoms with Gasteiger partial charge in [0.05, 0.1) is 6.61 Å². The lowest BCUT2D eigenvalue weighted by Crippen LogP contribution is -2.16. The van der Waals surface area contributed by atoms with Crippen LogP contribution in [0.4, 0.5) is 0 Å². The highest BCUT2D eigenvalue weighted by Crippen LogP contribution is 2.24. The van der Waals surface area contributed by atoms with Gasteiger partial charge in [0.2, 0.25) is 0 Å². The molecule has 0 spiro atoms. The van der Waals surface area contributed by atoms with Crippen LogP contribution >= 0.6 is 0 Å². The summed E-state index contributed by atoms with van der Waals surface area (Å²) in [6.07, 6.45) is 4.00. The summed E-state index contributed by atoms with van der Waals surface area (Å²) in [6, 6.07) is 5.36. The quantitative estimate of drug-likeness (QED) is 0.704. The highest BCUT2D eigenvalue weighted by Gasteiger charge is 2.24. The van der Waals surface area contributed by atoms with Crippen LogP contribution in [0, 0.1) is 0 Å². The molecule has 0 N–H and O–H groups in total. The molecule has 21 heavy (non-hydrogen) atoms. The van der Waals surface area contributed by atoms with Crippen molar-refractivity contribution in [2.45, 2.75) is 12.3 Å². The SMILES string of the molecule is O=c1c(-c2nc([C@@H]3CCOC3)no2)cnc2ccccn12. The third-order valence-corrected chi connectivity index (χ3v) is 3.58. The molecule has 3 aromatic heterocycles. The minimum Gasteiger partial charge on any atom is -0.381 e. The van der Waals surface area contributed by atoms with Gasteiger partial charge in [0.15, 0.2) is 5.82 Å². The van der Waals surface area contributed by atoms with Crippen LogP contribution in [0.25, 0.3) is 17.1 Å². The molecule has 3 aromatic rings. The first-order valence-corrected chi connectivity index (χ1v) is 6.71. The molecule has 0 bridgehead atoms. The molecule has 0 aromatic carbocycles. The lowest BCUT2D eigenvalue weighted by molar-refractivity contribution is 0.192. The summed E-state index contributed by atoms with van der Waals surface area (Å²) in [5.74, 6) is 0.923. The van der Waals surface area contributed by atoms with Crippen molar-refractivity contribution >= 4 is 5.65 Å². The largest absolute Gasteiger partial charge is 0.381 e. The second kappa shape index (κ2) is 4.78. The molecule has 106 valence electrons. The average molecular weight is 284 g/mol. The zero-order chi connectivity index (χ0) is 14.2. The summed E-state index contributed by atoms with van der Waals surface area (Å²) in [5, 5.41) is 3.95. The predicted octanol–water partition coefficient (Wildman–Crippen LogP) is 1.25. The number of hydrogen-bond acceptors (Lipinski definition) is 6. The first kappa shape index (κ1) is 12.2. The number of rotatable bonds is 2. The Kier molecular flexibility index (Phi) is 2.78. The zero-order valence-corrected chi connectivity index (χ0v) is 11.1. The van der Waals surface area contributed by atoms with Gasteiger partial charge in [-0.2, -0.15) is 4.98 Å². The van der Waals surface area contributed by atoms with Crippen molar-refractivity contribution in [1.29, 1.82) is 0 Å². The third-order valence-electron chi connectivity index (χ3n) is 3.58. The van der Waals surface area contributed by atoms with Crippen molar-refractivity contribution in [2.75, 3.05) is 13.2 Å². The van der Waals surface area contributed by atoms with Crippen molar-refractivity contribution in [1.82, 2.24) is 19.5 Å². The van der Waals surface area contributed by atoms with Gasteiger partial charge < -0.3 is 9.26 Å². The number of fused-ring (bicyclic) bond motifs is 1. The summed E-state index contributed by atoms with van der Waals surface area (Å²) < 4.78 is 12.0. The van der Waals surface area contributed by atoms with E-state index in [1.165, 1.54) is 10.6 Å². The molecule has 1 saturated heterocycles. The first-order chi connectivity index (χ1) is 10.3. The lowest BCUT2D eigenvalue weighted by atomic mass is 10.1. The van der Waals surface area contributed by atoms with Crippen LogP contribution in [0.2, 0.25) is 0 Å². The maximum atomic E-state index is 12.4. The molecule has 7 nitrogen and oxygen atoms in total. The van der Waals surface area contributed by atoms with Gasteiger partial charge in [0, 0.05) is 24.9 Å². The molecule has 0 saturated carbocycles. The monoisotopic (exact) mass is 284 g/mol. The molecule has 4 heterocycles. The summed E-state index contributed by atoms with van der Waals surface area (Å²) in [4.78, 5) is 21.0. The Bertz CT molecular complexity index is 849. The number of aromatic nitrogens is 4. The van der Waals surface area contributed by atoms with Gasteiger partial charge in [0.25, 0.3) is 11.4 Å². The maximum Gasteiger partial charge on any atom is 0.270 e. The van der Waals surface area contributed by atoms with Gasteiger partial charge in [-0.3, -0.25) is 9.20 Å². The Morgan fingerprint density at radius 3 is 3.14 bits per heavy atom. The molecule has 7 heteroatoms. The Morgan fingerprint density at radius 1 is 1.33 bits per heavy atom. The van der Waals surface area contributed by atoms with Crippen molar-refractivity contribution in [2.24, 2.45) is 0 Å². The Balaban J connectivity index is 1.79. The highest BCUT2D eigenvalue weighted by molar-refractivity contribution is 5.53. The van der Waals surface area contributed by atoms with E-state index in [2.05, 4.69) is 15.1 Å². The summed E-state index contributed by atoms with van der Waals surface area (Å²) in [6.45, 7) is 1.29. The van der Waals surface area contributed by atoms with Crippen molar-refractivity contribution in [3.8, 4) is 11.5 Å². The number of hydrogen-bond donors (Lipinski definition) is 0. The Hall–Kier alpha value is -2.54. The van der Waals surface area contributed by atoms with Crippen LogP contribution in [0.1, 0.15) is 18.2 Å². The van der Waals surface area contributed by atoms with Gasteiger partial charge >= 0.3 is 0 Å². The van der Waals surface area contributed by atoms with E-state index in [1.807, 2.05) is 6.07 Å². The second-order valence-electron chi connectivity index (χ2n) is 4.92. The van der Waals surface area contributed by atoms with E-state index in [0.29, 0.717) is 30.2 Å². The number of pyridine rings is 1.